The standard InChI is InChI=1S/C20H26Cl2N2.2ClH/c21-11-13-23(14-12-22)15-16-24(17-19-7-3-1-4-8-19)18-20-9-5-2-6-10-20;;/h1-10H,11-18H2;2*1H. The lowest BCUT2D eigenvalue weighted by molar-refractivity contribution is 0.203. The molecule has 0 unspecified atom stereocenters. The summed E-state index contributed by atoms with van der Waals surface area (Å²) in [4.78, 5) is 4.82. The molecule has 0 saturated heterocycles. The fourth-order valence-corrected chi connectivity index (χ4v) is 3.23. The van der Waals surface area contributed by atoms with Gasteiger partial charge in [-0.1, -0.05) is 60.7 Å². The number of halogens is 4. The fraction of sp³-hybridized carbons (Fsp3) is 0.400. The lowest BCUT2D eigenvalue weighted by Gasteiger charge is -2.27. The van der Waals surface area contributed by atoms with Gasteiger partial charge < -0.3 is 0 Å². The maximum atomic E-state index is 5.91. The van der Waals surface area contributed by atoms with Gasteiger partial charge in [-0.3, -0.25) is 9.80 Å². The van der Waals surface area contributed by atoms with E-state index in [-0.39, 0.29) is 24.8 Å². The normalized spacial score (nSPS) is 10.5. The molecule has 2 aromatic carbocycles. The molecule has 0 radical (unpaired) electrons. The van der Waals surface area contributed by atoms with Crippen LogP contribution in [0.2, 0.25) is 0 Å². The Bertz CT molecular complexity index is 507. The third-order valence-electron chi connectivity index (χ3n) is 4.03. The van der Waals surface area contributed by atoms with E-state index in [9.17, 15) is 0 Å². The quantitative estimate of drug-likeness (QED) is 0.439. The number of rotatable bonds is 11. The first kappa shape index (κ1) is 25.5. The summed E-state index contributed by atoms with van der Waals surface area (Å²) in [7, 11) is 0. The van der Waals surface area contributed by atoms with Crippen molar-refractivity contribution in [2.75, 3.05) is 37.9 Å². The van der Waals surface area contributed by atoms with E-state index < -0.39 is 0 Å². The number of hydrogen-bond donors (Lipinski definition) is 0. The van der Waals surface area contributed by atoms with Crippen LogP contribution in [0.5, 0.6) is 0 Å². The molecular weight excluding hydrogens is 410 g/mol. The van der Waals surface area contributed by atoms with Crippen molar-refractivity contribution in [2.45, 2.75) is 13.1 Å². The van der Waals surface area contributed by atoms with Crippen LogP contribution in [0.3, 0.4) is 0 Å². The molecule has 0 N–H and O–H groups in total. The molecule has 146 valence electrons. The Morgan fingerprint density at radius 3 is 1.31 bits per heavy atom. The van der Waals surface area contributed by atoms with Crippen LogP contribution in [0, 0.1) is 0 Å². The van der Waals surface area contributed by atoms with Crippen molar-refractivity contribution in [3.8, 4) is 0 Å². The van der Waals surface area contributed by atoms with Gasteiger partial charge in [0.25, 0.3) is 0 Å². The van der Waals surface area contributed by atoms with E-state index in [2.05, 4.69) is 70.5 Å². The van der Waals surface area contributed by atoms with Gasteiger partial charge in [-0.25, -0.2) is 0 Å². The van der Waals surface area contributed by atoms with E-state index in [1.54, 1.807) is 0 Å². The van der Waals surface area contributed by atoms with Crippen LogP contribution in [-0.2, 0) is 13.1 Å². The van der Waals surface area contributed by atoms with Gasteiger partial charge in [0.05, 0.1) is 0 Å². The Hall–Kier alpha value is -0.480. The zero-order valence-electron chi connectivity index (χ0n) is 14.9. The molecule has 2 rings (SSSR count). The molecular formula is C20H28Cl4N2. The minimum atomic E-state index is 0. The molecule has 0 aliphatic carbocycles. The second-order valence-corrected chi connectivity index (χ2v) is 6.66. The second-order valence-electron chi connectivity index (χ2n) is 5.90. The van der Waals surface area contributed by atoms with Crippen LogP contribution in [0.1, 0.15) is 11.1 Å². The molecule has 0 atom stereocenters. The van der Waals surface area contributed by atoms with Crippen molar-refractivity contribution in [3.63, 3.8) is 0 Å². The predicted molar refractivity (Wildman–Crippen MR) is 119 cm³/mol. The maximum absolute atomic E-state index is 5.91. The Labute approximate surface area is 180 Å². The Morgan fingerprint density at radius 1 is 0.538 bits per heavy atom. The molecule has 0 bridgehead atoms. The van der Waals surface area contributed by atoms with Crippen LogP contribution in [-0.4, -0.2) is 47.7 Å². The summed E-state index contributed by atoms with van der Waals surface area (Å²) < 4.78 is 0. The summed E-state index contributed by atoms with van der Waals surface area (Å²) in [5.41, 5.74) is 2.68. The predicted octanol–water partition coefficient (Wildman–Crippen LogP) is 5.31. The third-order valence-corrected chi connectivity index (χ3v) is 4.37. The zero-order chi connectivity index (χ0) is 17.0. The molecule has 0 saturated carbocycles. The maximum Gasteiger partial charge on any atom is 0.0351 e. The lowest BCUT2D eigenvalue weighted by Crippen LogP contribution is -2.36. The molecule has 0 fully saturated rings. The number of hydrogen-bond acceptors (Lipinski definition) is 2. The fourth-order valence-electron chi connectivity index (χ4n) is 2.75. The van der Waals surface area contributed by atoms with Gasteiger partial charge in [-0.2, -0.15) is 0 Å². The van der Waals surface area contributed by atoms with Gasteiger partial charge in [0, 0.05) is 51.0 Å². The lowest BCUT2D eigenvalue weighted by atomic mass is 10.1. The molecule has 0 spiro atoms. The first-order valence-electron chi connectivity index (χ1n) is 8.46. The Kier molecular flexibility index (Phi) is 15.3. The van der Waals surface area contributed by atoms with Gasteiger partial charge >= 0.3 is 0 Å². The van der Waals surface area contributed by atoms with Crippen molar-refractivity contribution >= 4 is 48.0 Å². The first-order valence-corrected chi connectivity index (χ1v) is 9.53. The summed E-state index contributed by atoms with van der Waals surface area (Å²) >= 11 is 11.8. The molecule has 0 amide bonds. The molecule has 2 nitrogen and oxygen atoms in total. The van der Waals surface area contributed by atoms with Crippen molar-refractivity contribution in [2.24, 2.45) is 0 Å². The highest BCUT2D eigenvalue weighted by atomic mass is 35.5. The zero-order valence-corrected chi connectivity index (χ0v) is 18.0. The summed E-state index contributed by atoms with van der Waals surface area (Å²) in [6.07, 6.45) is 0. The smallest absolute Gasteiger partial charge is 0.0351 e. The summed E-state index contributed by atoms with van der Waals surface area (Å²) in [5.74, 6) is 1.29. The van der Waals surface area contributed by atoms with E-state index in [1.807, 2.05) is 0 Å². The van der Waals surface area contributed by atoms with Crippen molar-refractivity contribution in [3.05, 3.63) is 71.8 Å². The monoisotopic (exact) mass is 436 g/mol. The SMILES string of the molecule is Cl.Cl.ClCCN(CCCl)CCN(Cc1ccccc1)Cc1ccccc1. The molecule has 0 heterocycles. The molecule has 2 aromatic rings. The van der Waals surface area contributed by atoms with E-state index in [4.69, 9.17) is 23.2 Å². The topological polar surface area (TPSA) is 6.48 Å². The highest BCUT2D eigenvalue weighted by Gasteiger charge is 2.10. The van der Waals surface area contributed by atoms with Crippen LogP contribution < -0.4 is 0 Å². The van der Waals surface area contributed by atoms with Crippen LogP contribution >= 0.6 is 48.0 Å². The number of nitrogens with zero attached hydrogens (tertiary/aromatic N) is 2. The average molecular weight is 438 g/mol. The van der Waals surface area contributed by atoms with Crippen LogP contribution in [0.25, 0.3) is 0 Å². The van der Waals surface area contributed by atoms with Gasteiger partial charge in [0.2, 0.25) is 0 Å². The molecule has 0 aromatic heterocycles. The van der Waals surface area contributed by atoms with Crippen LogP contribution in [0.4, 0.5) is 0 Å². The van der Waals surface area contributed by atoms with Gasteiger partial charge in [-0.05, 0) is 11.1 Å². The average Bonchev–Trinajstić information content (AvgIpc) is 2.61. The minimum Gasteiger partial charge on any atom is -0.300 e. The van der Waals surface area contributed by atoms with E-state index >= 15 is 0 Å². The van der Waals surface area contributed by atoms with Crippen molar-refractivity contribution < 1.29 is 0 Å². The van der Waals surface area contributed by atoms with Crippen molar-refractivity contribution in [1.29, 1.82) is 0 Å². The Morgan fingerprint density at radius 2 is 0.923 bits per heavy atom. The highest BCUT2D eigenvalue weighted by Crippen LogP contribution is 2.10. The van der Waals surface area contributed by atoms with E-state index in [1.165, 1.54) is 11.1 Å². The van der Waals surface area contributed by atoms with E-state index in [0.29, 0.717) is 11.8 Å². The summed E-state index contributed by atoms with van der Waals surface area (Å²) in [5, 5.41) is 0. The summed E-state index contributed by atoms with van der Waals surface area (Å²) in [6.45, 7) is 5.66. The molecule has 0 aliphatic rings. The highest BCUT2D eigenvalue weighted by molar-refractivity contribution is 6.18. The van der Waals surface area contributed by atoms with E-state index in [0.717, 1.165) is 39.3 Å². The first-order chi connectivity index (χ1) is 11.8. The largest absolute Gasteiger partial charge is 0.300 e. The molecule has 26 heavy (non-hydrogen) atoms. The minimum absolute atomic E-state index is 0. The van der Waals surface area contributed by atoms with Gasteiger partial charge in [0.15, 0.2) is 0 Å². The van der Waals surface area contributed by atoms with Gasteiger partial charge in [-0.15, -0.1) is 48.0 Å². The summed E-state index contributed by atoms with van der Waals surface area (Å²) in [6, 6.07) is 21.3. The molecule has 0 aliphatic heterocycles. The Balaban J connectivity index is 0.00000312. The second kappa shape index (κ2) is 15.6. The van der Waals surface area contributed by atoms with Crippen LogP contribution in [0.15, 0.2) is 60.7 Å². The molecule has 6 heteroatoms. The number of alkyl halides is 2. The van der Waals surface area contributed by atoms with Gasteiger partial charge in [0.1, 0.15) is 0 Å². The third kappa shape index (κ3) is 10.0. The number of benzene rings is 2. The van der Waals surface area contributed by atoms with Crippen molar-refractivity contribution in [1.82, 2.24) is 9.80 Å².